The summed E-state index contributed by atoms with van der Waals surface area (Å²) in [7, 11) is -4.00. The average molecular weight is 682 g/mol. The fourth-order valence-corrected chi connectivity index (χ4v) is 7.24. The van der Waals surface area contributed by atoms with Gasteiger partial charge in [-0.25, -0.2) is 18.1 Å². The van der Waals surface area contributed by atoms with Crippen LogP contribution in [0, 0.1) is 12.8 Å². The molecule has 0 saturated heterocycles. The summed E-state index contributed by atoms with van der Waals surface area (Å²) in [5.41, 5.74) is 0.855. The lowest BCUT2D eigenvalue weighted by Crippen LogP contribution is -2.50. The van der Waals surface area contributed by atoms with E-state index in [1.54, 1.807) is 13.0 Å². The molecule has 258 valence electrons. The molecule has 3 aromatic rings. The van der Waals surface area contributed by atoms with Gasteiger partial charge in [-0.15, -0.1) is 0 Å². The van der Waals surface area contributed by atoms with E-state index in [0.29, 0.717) is 42.8 Å². The molecule has 2 aliphatic heterocycles. The summed E-state index contributed by atoms with van der Waals surface area (Å²) in [6.45, 7) is 6.48. The lowest BCUT2D eigenvalue weighted by atomic mass is 10.0. The van der Waals surface area contributed by atoms with E-state index >= 15 is 0 Å². The van der Waals surface area contributed by atoms with E-state index in [2.05, 4.69) is 26.0 Å². The third-order valence-corrected chi connectivity index (χ3v) is 10.0. The van der Waals surface area contributed by atoms with Crippen LogP contribution in [-0.4, -0.2) is 84.1 Å². The summed E-state index contributed by atoms with van der Waals surface area (Å²) in [4.78, 5) is 44.7. The SMILES string of the molecule is Cc1nc2n(n1)CC(=O)NCCCN(S(=O)(=O)c1ccc3c(c1)OCCO3)CCCC(=O)N[C@H](Cc1ccccc1)C(=O)N[C@H]2C(C)C. The number of carbonyl (C=O) groups excluding carboxylic acids is 3. The molecule has 15 heteroatoms. The summed E-state index contributed by atoms with van der Waals surface area (Å²) >= 11 is 0. The molecule has 0 radical (unpaired) electrons. The summed E-state index contributed by atoms with van der Waals surface area (Å²) in [5.74, 6) is 0.458. The Balaban J connectivity index is 1.41. The number of hydrogen-bond donors (Lipinski definition) is 3. The molecule has 14 nitrogen and oxygen atoms in total. The van der Waals surface area contributed by atoms with Gasteiger partial charge in [0.2, 0.25) is 27.7 Å². The van der Waals surface area contributed by atoms with E-state index in [1.807, 2.05) is 44.2 Å². The topological polar surface area (TPSA) is 174 Å². The minimum absolute atomic E-state index is 0.0103. The van der Waals surface area contributed by atoms with Crippen LogP contribution in [0.1, 0.15) is 56.4 Å². The Morgan fingerprint density at radius 1 is 0.938 bits per heavy atom. The van der Waals surface area contributed by atoms with E-state index in [-0.39, 0.29) is 68.1 Å². The molecule has 48 heavy (non-hydrogen) atoms. The molecule has 2 aliphatic rings. The molecule has 3 heterocycles. The molecule has 0 fully saturated rings. The Kier molecular flexibility index (Phi) is 11.3. The normalized spacial score (nSPS) is 20.5. The van der Waals surface area contributed by atoms with E-state index in [9.17, 15) is 22.8 Å². The first-order chi connectivity index (χ1) is 23.0. The number of fused-ring (bicyclic) bond motifs is 2. The standard InChI is InChI=1S/C33H43N7O7S/c1-22(2)31-32-35-23(3)38-40(32)21-30(42)34-14-8-16-39(48(44,45)25-12-13-27-28(20-25)47-18-17-46-27)15-7-11-29(41)36-26(33(43)37-31)19-24-9-5-4-6-10-24/h4-6,9-10,12-13,20,22,26,31H,7-8,11,14-19,21H2,1-3H3,(H,34,42)(H,36,41)(H,37,43)/t26-,31+/m1/s1. The second-order valence-corrected chi connectivity index (χ2v) is 14.2. The molecule has 0 unspecified atom stereocenters. The number of sulfonamides is 1. The smallest absolute Gasteiger partial charge is 0.243 e. The van der Waals surface area contributed by atoms with E-state index in [1.165, 1.54) is 21.1 Å². The molecule has 0 saturated carbocycles. The highest BCUT2D eigenvalue weighted by atomic mass is 32.2. The number of aryl methyl sites for hydroxylation is 1. The van der Waals surface area contributed by atoms with Gasteiger partial charge >= 0.3 is 0 Å². The monoisotopic (exact) mass is 681 g/mol. The zero-order chi connectivity index (χ0) is 34.3. The quantitative estimate of drug-likeness (QED) is 0.364. The Morgan fingerprint density at radius 3 is 2.42 bits per heavy atom. The van der Waals surface area contributed by atoms with Crippen LogP contribution in [0.25, 0.3) is 0 Å². The maximum absolute atomic E-state index is 13.8. The van der Waals surface area contributed by atoms with Crippen molar-refractivity contribution in [2.24, 2.45) is 5.92 Å². The van der Waals surface area contributed by atoms with Crippen molar-refractivity contribution in [2.45, 2.75) is 70.0 Å². The van der Waals surface area contributed by atoms with Gasteiger partial charge in [0.15, 0.2) is 17.3 Å². The number of nitrogens with one attached hydrogen (secondary N) is 3. The van der Waals surface area contributed by atoms with E-state index < -0.39 is 28.0 Å². The molecule has 0 spiro atoms. The fourth-order valence-electron chi connectivity index (χ4n) is 5.70. The van der Waals surface area contributed by atoms with Gasteiger partial charge in [-0.1, -0.05) is 44.2 Å². The fraction of sp³-hybridized carbons (Fsp3) is 0.485. The molecule has 5 rings (SSSR count). The number of aromatic nitrogens is 3. The number of carbonyl (C=O) groups is 3. The van der Waals surface area contributed by atoms with Gasteiger partial charge in [0.25, 0.3) is 0 Å². The van der Waals surface area contributed by atoms with Gasteiger partial charge in [0, 0.05) is 38.5 Å². The van der Waals surface area contributed by atoms with Crippen LogP contribution in [0.15, 0.2) is 53.4 Å². The highest BCUT2D eigenvalue weighted by Crippen LogP contribution is 2.33. The molecule has 2 atom stereocenters. The Labute approximate surface area is 280 Å². The van der Waals surface area contributed by atoms with Gasteiger partial charge in [0.05, 0.1) is 10.9 Å². The van der Waals surface area contributed by atoms with E-state index in [0.717, 1.165) is 5.56 Å². The van der Waals surface area contributed by atoms with Crippen LogP contribution in [-0.2, 0) is 37.4 Å². The lowest BCUT2D eigenvalue weighted by Gasteiger charge is -2.26. The predicted molar refractivity (Wildman–Crippen MR) is 176 cm³/mol. The van der Waals surface area contributed by atoms with Crippen molar-refractivity contribution in [2.75, 3.05) is 32.8 Å². The molecule has 3 N–H and O–H groups in total. The van der Waals surface area contributed by atoms with Gasteiger partial charge in [0.1, 0.15) is 31.6 Å². The lowest BCUT2D eigenvalue weighted by molar-refractivity contribution is -0.129. The number of nitrogens with zero attached hydrogens (tertiary/aromatic N) is 4. The van der Waals surface area contributed by atoms with Crippen molar-refractivity contribution in [3.63, 3.8) is 0 Å². The van der Waals surface area contributed by atoms with Gasteiger partial charge < -0.3 is 25.4 Å². The van der Waals surface area contributed by atoms with Crippen LogP contribution in [0.3, 0.4) is 0 Å². The first kappa shape index (κ1) is 34.8. The highest BCUT2D eigenvalue weighted by molar-refractivity contribution is 7.89. The number of ether oxygens (including phenoxy) is 2. The number of rotatable bonds is 5. The minimum Gasteiger partial charge on any atom is -0.486 e. The third kappa shape index (κ3) is 8.69. The van der Waals surface area contributed by atoms with Crippen molar-refractivity contribution in [3.05, 3.63) is 65.7 Å². The Bertz CT molecular complexity index is 1710. The summed E-state index contributed by atoms with van der Waals surface area (Å²) < 4.78 is 41.6. The maximum Gasteiger partial charge on any atom is 0.243 e. The number of amides is 3. The Morgan fingerprint density at radius 2 is 1.67 bits per heavy atom. The minimum atomic E-state index is -4.00. The molecule has 3 amide bonds. The van der Waals surface area contributed by atoms with Crippen molar-refractivity contribution in [3.8, 4) is 11.5 Å². The Hall–Kier alpha value is -4.50. The zero-order valence-electron chi connectivity index (χ0n) is 27.5. The summed E-state index contributed by atoms with van der Waals surface area (Å²) in [5, 5.41) is 13.2. The van der Waals surface area contributed by atoms with Crippen LogP contribution >= 0.6 is 0 Å². The van der Waals surface area contributed by atoms with Crippen LogP contribution < -0.4 is 25.4 Å². The largest absolute Gasteiger partial charge is 0.486 e. The third-order valence-electron chi connectivity index (χ3n) is 8.15. The van der Waals surface area contributed by atoms with Crippen LogP contribution in [0.5, 0.6) is 11.5 Å². The van der Waals surface area contributed by atoms with Crippen LogP contribution in [0.2, 0.25) is 0 Å². The van der Waals surface area contributed by atoms with Crippen molar-refractivity contribution >= 4 is 27.7 Å². The summed E-state index contributed by atoms with van der Waals surface area (Å²) in [6, 6.07) is 12.3. The molecule has 2 aromatic carbocycles. The number of benzene rings is 2. The molecular weight excluding hydrogens is 638 g/mol. The molecular formula is C33H43N7O7S. The zero-order valence-corrected chi connectivity index (χ0v) is 28.3. The highest BCUT2D eigenvalue weighted by Gasteiger charge is 2.31. The molecule has 0 aliphatic carbocycles. The molecule has 0 bridgehead atoms. The van der Waals surface area contributed by atoms with Gasteiger partial charge in [-0.2, -0.15) is 9.40 Å². The van der Waals surface area contributed by atoms with Crippen molar-refractivity contribution in [1.29, 1.82) is 0 Å². The summed E-state index contributed by atoms with van der Waals surface area (Å²) in [6.07, 6.45) is 0.763. The second kappa shape index (κ2) is 15.6. The first-order valence-electron chi connectivity index (χ1n) is 16.2. The first-order valence-corrected chi connectivity index (χ1v) is 17.7. The predicted octanol–water partition coefficient (Wildman–Crippen LogP) is 1.89. The van der Waals surface area contributed by atoms with Gasteiger partial charge in [-0.3, -0.25) is 14.4 Å². The molecule has 1 aromatic heterocycles. The van der Waals surface area contributed by atoms with Crippen LogP contribution in [0.4, 0.5) is 0 Å². The van der Waals surface area contributed by atoms with Crippen molar-refractivity contribution in [1.82, 2.24) is 35.0 Å². The number of hydrogen-bond acceptors (Lipinski definition) is 9. The van der Waals surface area contributed by atoms with Crippen molar-refractivity contribution < 1.29 is 32.3 Å². The second-order valence-electron chi connectivity index (χ2n) is 12.2. The van der Waals surface area contributed by atoms with Gasteiger partial charge in [-0.05, 0) is 43.4 Å². The average Bonchev–Trinajstić information content (AvgIpc) is 3.42. The maximum atomic E-state index is 13.8. The van der Waals surface area contributed by atoms with E-state index in [4.69, 9.17) is 9.47 Å².